The Kier molecular flexibility index (Phi) is 5.10. The van der Waals surface area contributed by atoms with Gasteiger partial charge in [-0.2, -0.15) is 4.31 Å². The Balaban J connectivity index is 1.65. The molecule has 1 aliphatic heterocycles. The molecule has 3 rings (SSSR count). The number of aryl methyl sites for hydroxylation is 2. The van der Waals surface area contributed by atoms with Crippen molar-refractivity contribution in [1.29, 1.82) is 0 Å². The number of halogens is 1. The Morgan fingerprint density at radius 2 is 2.00 bits per heavy atom. The van der Waals surface area contributed by atoms with E-state index in [0.29, 0.717) is 18.5 Å². The van der Waals surface area contributed by atoms with Gasteiger partial charge >= 0.3 is 5.97 Å². The summed E-state index contributed by atoms with van der Waals surface area (Å²) in [4.78, 5) is 12.3. The predicted octanol–water partition coefficient (Wildman–Crippen LogP) is 2.44. The van der Waals surface area contributed by atoms with Gasteiger partial charge in [0.2, 0.25) is 10.0 Å². The number of rotatable bonds is 4. The van der Waals surface area contributed by atoms with Crippen LogP contribution in [0.25, 0.3) is 0 Å². The van der Waals surface area contributed by atoms with Gasteiger partial charge in [-0.05, 0) is 38.8 Å². The summed E-state index contributed by atoms with van der Waals surface area (Å²) in [6.07, 6.45) is 0.660. The monoisotopic (exact) mass is 382 g/mol. The lowest BCUT2D eigenvalue weighted by molar-refractivity contribution is -0.140. The first kappa shape index (κ1) is 18.5. The maximum absolute atomic E-state index is 13.2. The van der Waals surface area contributed by atoms with Crippen LogP contribution in [0.15, 0.2) is 33.7 Å². The number of ether oxygens (including phenoxy) is 1. The van der Waals surface area contributed by atoms with Crippen LogP contribution in [0.1, 0.15) is 24.3 Å². The zero-order valence-corrected chi connectivity index (χ0v) is 15.3. The van der Waals surface area contributed by atoms with Crippen molar-refractivity contribution in [3.63, 3.8) is 0 Å². The highest BCUT2D eigenvalue weighted by molar-refractivity contribution is 7.89. The molecule has 26 heavy (non-hydrogen) atoms. The second-order valence-corrected chi connectivity index (χ2v) is 8.08. The highest BCUT2D eigenvalue weighted by Gasteiger charge is 2.36. The van der Waals surface area contributed by atoms with E-state index in [1.807, 2.05) is 0 Å². The van der Waals surface area contributed by atoms with Crippen LogP contribution in [-0.4, -0.2) is 36.9 Å². The topological polar surface area (TPSA) is 89.7 Å². The molecule has 0 N–H and O–H groups in total. The van der Waals surface area contributed by atoms with Crippen LogP contribution in [0.3, 0.4) is 0 Å². The van der Waals surface area contributed by atoms with E-state index in [1.54, 1.807) is 13.8 Å². The molecular weight excluding hydrogens is 363 g/mol. The zero-order valence-electron chi connectivity index (χ0n) is 14.4. The molecule has 0 atom stereocenters. The van der Waals surface area contributed by atoms with Gasteiger partial charge in [0.25, 0.3) is 0 Å². The van der Waals surface area contributed by atoms with Crippen LogP contribution in [-0.2, 0) is 14.8 Å². The van der Waals surface area contributed by atoms with Crippen molar-refractivity contribution in [1.82, 2.24) is 9.46 Å². The average molecular weight is 382 g/mol. The summed E-state index contributed by atoms with van der Waals surface area (Å²) in [6.45, 7) is 3.51. The van der Waals surface area contributed by atoms with E-state index >= 15 is 0 Å². The summed E-state index contributed by atoms with van der Waals surface area (Å²) < 4.78 is 50.2. The van der Waals surface area contributed by atoms with Crippen LogP contribution in [0, 0.1) is 25.6 Å². The van der Waals surface area contributed by atoms with Crippen molar-refractivity contribution >= 4 is 16.0 Å². The van der Waals surface area contributed by atoms with Crippen molar-refractivity contribution in [3.05, 3.63) is 41.5 Å². The van der Waals surface area contributed by atoms with E-state index in [9.17, 15) is 17.6 Å². The molecule has 0 bridgehead atoms. The van der Waals surface area contributed by atoms with E-state index < -0.39 is 27.7 Å². The molecule has 2 heterocycles. The van der Waals surface area contributed by atoms with E-state index in [0.717, 1.165) is 6.07 Å². The van der Waals surface area contributed by atoms with E-state index in [-0.39, 0.29) is 29.5 Å². The van der Waals surface area contributed by atoms with Gasteiger partial charge in [-0.15, -0.1) is 0 Å². The minimum Gasteiger partial charge on any atom is -0.426 e. The lowest BCUT2D eigenvalue weighted by atomic mass is 9.98. The summed E-state index contributed by atoms with van der Waals surface area (Å²) in [5.74, 6) is -1.02. The third-order valence-corrected chi connectivity index (χ3v) is 6.51. The maximum atomic E-state index is 13.2. The molecule has 1 fully saturated rings. The fourth-order valence-corrected chi connectivity index (χ4v) is 4.79. The fourth-order valence-electron chi connectivity index (χ4n) is 3.03. The second-order valence-electron chi connectivity index (χ2n) is 6.21. The van der Waals surface area contributed by atoms with Crippen LogP contribution >= 0.6 is 0 Å². The summed E-state index contributed by atoms with van der Waals surface area (Å²) in [5.41, 5.74) is 0.315. The molecule has 0 spiro atoms. The smallest absolute Gasteiger partial charge is 0.314 e. The summed E-state index contributed by atoms with van der Waals surface area (Å²) >= 11 is 0. The van der Waals surface area contributed by atoms with Crippen LogP contribution in [0.2, 0.25) is 0 Å². The Morgan fingerprint density at radius 3 is 2.58 bits per heavy atom. The molecule has 140 valence electrons. The lowest BCUT2D eigenvalue weighted by Crippen LogP contribution is -2.41. The molecule has 1 aromatic heterocycles. The van der Waals surface area contributed by atoms with Crippen molar-refractivity contribution in [2.75, 3.05) is 13.1 Å². The molecule has 1 saturated heterocycles. The fraction of sp³-hybridized carbons (Fsp3) is 0.412. The molecule has 9 heteroatoms. The Morgan fingerprint density at radius 1 is 1.31 bits per heavy atom. The standard InChI is InChI=1S/C17H19FN2O5S/c1-11-16(12(2)25-19-11)26(22,23)20-8-6-13(7-9-20)17(21)24-15-5-3-4-14(18)10-15/h3-5,10,13H,6-9H2,1-2H3. The van der Waals surface area contributed by atoms with Gasteiger partial charge in [0.05, 0.1) is 5.92 Å². The zero-order chi connectivity index (χ0) is 18.9. The first-order valence-corrected chi connectivity index (χ1v) is 9.63. The Labute approximate surface area is 150 Å². The van der Waals surface area contributed by atoms with Crippen molar-refractivity contribution in [2.24, 2.45) is 5.92 Å². The molecule has 0 aliphatic carbocycles. The molecule has 1 aliphatic rings. The van der Waals surface area contributed by atoms with Crippen LogP contribution in [0.5, 0.6) is 5.75 Å². The predicted molar refractivity (Wildman–Crippen MR) is 89.5 cm³/mol. The van der Waals surface area contributed by atoms with Gasteiger partial charge in [-0.1, -0.05) is 11.2 Å². The highest BCUT2D eigenvalue weighted by Crippen LogP contribution is 2.28. The number of piperidine rings is 1. The van der Waals surface area contributed by atoms with Gasteiger partial charge in [-0.3, -0.25) is 4.79 Å². The average Bonchev–Trinajstić information content (AvgIpc) is 2.94. The number of hydrogen-bond donors (Lipinski definition) is 0. The van der Waals surface area contributed by atoms with Crippen LogP contribution in [0.4, 0.5) is 4.39 Å². The molecule has 0 radical (unpaired) electrons. The normalized spacial score (nSPS) is 16.6. The van der Waals surface area contributed by atoms with E-state index in [1.165, 1.54) is 22.5 Å². The van der Waals surface area contributed by atoms with Gasteiger partial charge in [0.15, 0.2) is 5.76 Å². The number of benzene rings is 1. The summed E-state index contributed by atoms with van der Waals surface area (Å²) in [6, 6.07) is 5.35. The van der Waals surface area contributed by atoms with E-state index in [4.69, 9.17) is 9.26 Å². The molecule has 2 aromatic rings. The quantitative estimate of drug-likeness (QED) is 0.596. The molecule has 0 amide bonds. The van der Waals surface area contributed by atoms with Crippen molar-refractivity contribution in [2.45, 2.75) is 31.6 Å². The SMILES string of the molecule is Cc1noc(C)c1S(=O)(=O)N1CCC(C(=O)Oc2cccc(F)c2)CC1. The number of esters is 1. The number of hydrogen-bond acceptors (Lipinski definition) is 6. The van der Waals surface area contributed by atoms with Gasteiger partial charge < -0.3 is 9.26 Å². The largest absolute Gasteiger partial charge is 0.426 e. The molecule has 0 unspecified atom stereocenters. The van der Waals surface area contributed by atoms with Crippen LogP contribution < -0.4 is 4.74 Å². The van der Waals surface area contributed by atoms with Gasteiger partial charge in [0, 0.05) is 19.2 Å². The van der Waals surface area contributed by atoms with E-state index in [2.05, 4.69) is 5.16 Å². The lowest BCUT2D eigenvalue weighted by Gasteiger charge is -2.29. The number of carbonyl (C=O) groups is 1. The first-order valence-electron chi connectivity index (χ1n) is 8.19. The Bertz CT molecular complexity index is 897. The number of carbonyl (C=O) groups excluding carboxylic acids is 1. The molecule has 7 nitrogen and oxygen atoms in total. The molecular formula is C17H19FN2O5S. The summed E-state index contributed by atoms with van der Waals surface area (Å²) in [5, 5.41) is 3.69. The number of sulfonamides is 1. The number of nitrogens with zero attached hydrogens (tertiary/aromatic N) is 2. The summed E-state index contributed by atoms with van der Waals surface area (Å²) in [7, 11) is -3.72. The third-order valence-electron chi connectivity index (χ3n) is 4.37. The molecule has 1 aromatic carbocycles. The maximum Gasteiger partial charge on any atom is 0.314 e. The molecule has 0 saturated carbocycles. The third kappa shape index (κ3) is 3.63. The van der Waals surface area contributed by atoms with Gasteiger partial charge in [0.1, 0.15) is 22.2 Å². The number of aromatic nitrogens is 1. The second kappa shape index (κ2) is 7.16. The van der Waals surface area contributed by atoms with Crippen molar-refractivity contribution in [3.8, 4) is 5.75 Å². The minimum absolute atomic E-state index is 0.0817. The minimum atomic E-state index is -3.72. The Hall–Kier alpha value is -2.26. The highest BCUT2D eigenvalue weighted by atomic mass is 32.2. The van der Waals surface area contributed by atoms with Crippen molar-refractivity contribution < 1.29 is 26.9 Å². The van der Waals surface area contributed by atoms with Gasteiger partial charge in [-0.25, -0.2) is 12.8 Å². The first-order chi connectivity index (χ1) is 12.3.